The van der Waals surface area contributed by atoms with Crippen LogP contribution in [0.1, 0.15) is 98.3 Å². The van der Waals surface area contributed by atoms with Crippen molar-refractivity contribution >= 4 is 30.5 Å². The Balaban J connectivity index is 3.99. The lowest BCUT2D eigenvalue weighted by molar-refractivity contribution is -0.145. The zero-order valence-electron chi connectivity index (χ0n) is 21.3. The Morgan fingerprint density at radius 3 is 2.33 bits per heavy atom. The summed E-state index contributed by atoms with van der Waals surface area (Å²) in [7, 11) is 0. The smallest absolute Gasteiger partial charge is 0.407 e. The van der Waals surface area contributed by atoms with Crippen molar-refractivity contribution in [1.82, 2.24) is 5.32 Å². The lowest BCUT2D eigenvalue weighted by Gasteiger charge is -2.29. The maximum absolute atomic E-state index is 12.8. The van der Waals surface area contributed by atoms with Crippen molar-refractivity contribution in [2.24, 2.45) is 5.92 Å². The van der Waals surface area contributed by atoms with E-state index in [1.165, 1.54) is 19.3 Å². The average Bonchev–Trinajstić information content (AvgIpc) is 2.81. The number of thiol groups is 1. The molecule has 0 aromatic heterocycles. The van der Waals surface area contributed by atoms with Crippen LogP contribution in [0, 0.1) is 5.92 Å². The second-order valence-electron chi connectivity index (χ2n) is 8.66. The molecule has 1 amide bonds. The number of Topliss-reactive ketones (excluding diaryl/α,β-unsaturated/α-hetero) is 1. The van der Waals surface area contributed by atoms with Gasteiger partial charge in [-0.3, -0.25) is 9.59 Å². The van der Waals surface area contributed by atoms with Crippen LogP contribution < -0.4 is 5.32 Å². The third-order valence-electron chi connectivity index (χ3n) is 5.93. The Bertz CT molecular complexity index is 545. The number of hydrogen-bond donors (Lipinski definition) is 2. The number of rotatable bonds is 21. The number of unbranched alkanes of at least 4 members (excludes halogenated alkanes) is 4. The number of hydrogen-bond acceptors (Lipinski definition) is 7. The van der Waals surface area contributed by atoms with Gasteiger partial charge in [-0.25, -0.2) is 4.79 Å². The van der Waals surface area contributed by atoms with Crippen molar-refractivity contribution < 1.29 is 28.6 Å². The van der Waals surface area contributed by atoms with Crippen molar-refractivity contribution in [2.75, 3.05) is 32.1 Å². The number of esters is 1. The van der Waals surface area contributed by atoms with E-state index >= 15 is 0 Å². The van der Waals surface area contributed by atoms with Gasteiger partial charge in [-0.1, -0.05) is 46.5 Å². The Morgan fingerprint density at radius 1 is 0.939 bits per heavy atom. The summed E-state index contributed by atoms with van der Waals surface area (Å²) in [6.45, 7) is 9.57. The molecule has 0 spiro atoms. The molecule has 0 saturated carbocycles. The van der Waals surface area contributed by atoms with Crippen molar-refractivity contribution in [3.8, 4) is 0 Å². The molecule has 7 nitrogen and oxygen atoms in total. The lowest BCUT2D eigenvalue weighted by atomic mass is 9.92. The van der Waals surface area contributed by atoms with Crippen molar-refractivity contribution in [3.05, 3.63) is 0 Å². The van der Waals surface area contributed by atoms with E-state index in [-0.39, 0.29) is 37.9 Å². The molecular weight excluding hydrogens is 442 g/mol. The summed E-state index contributed by atoms with van der Waals surface area (Å²) in [6.07, 6.45) is 9.02. The van der Waals surface area contributed by atoms with Gasteiger partial charge >= 0.3 is 12.1 Å². The molecule has 8 heteroatoms. The molecule has 0 radical (unpaired) electrons. The van der Waals surface area contributed by atoms with E-state index in [0.717, 1.165) is 25.7 Å². The first kappa shape index (κ1) is 31.7. The molecule has 194 valence electrons. The van der Waals surface area contributed by atoms with Gasteiger partial charge in [0.1, 0.15) is 12.2 Å². The second kappa shape index (κ2) is 20.1. The summed E-state index contributed by atoms with van der Waals surface area (Å²) in [6, 6.07) is 0. The van der Waals surface area contributed by atoms with Gasteiger partial charge in [-0.15, -0.1) is 0 Å². The summed E-state index contributed by atoms with van der Waals surface area (Å²) < 4.78 is 16.2. The molecule has 0 aliphatic rings. The van der Waals surface area contributed by atoms with Gasteiger partial charge in [0.2, 0.25) is 0 Å². The van der Waals surface area contributed by atoms with Crippen LogP contribution in [0.3, 0.4) is 0 Å². The zero-order valence-corrected chi connectivity index (χ0v) is 22.2. The number of ether oxygens (including phenoxy) is 3. The van der Waals surface area contributed by atoms with Crippen LogP contribution in [0.5, 0.6) is 0 Å². The molecule has 2 atom stereocenters. The SMILES string of the molecule is CCCCCC(CC)COC(C)(CC)C(=O)CCCCCOC(=O)NCCOC(=O)CCS. The highest BCUT2D eigenvalue weighted by Gasteiger charge is 2.32. The third-order valence-corrected chi connectivity index (χ3v) is 6.15. The van der Waals surface area contributed by atoms with Gasteiger partial charge < -0.3 is 19.5 Å². The number of ketones is 1. The highest BCUT2D eigenvalue weighted by Crippen LogP contribution is 2.23. The second-order valence-corrected chi connectivity index (χ2v) is 9.10. The molecule has 0 aromatic carbocycles. The molecule has 0 heterocycles. The quantitative estimate of drug-likeness (QED) is 0.126. The van der Waals surface area contributed by atoms with Gasteiger partial charge in [0.15, 0.2) is 5.78 Å². The van der Waals surface area contributed by atoms with E-state index in [4.69, 9.17) is 14.2 Å². The molecule has 33 heavy (non-hydrogen) atoms. The Labute approximate surface area is 206 Å². The summed E-state index contributed by atoms with van der Waals surface area (Å²) in [5.74, 6) is 0.762. The number of amides is 1. The lowest BCUT2D eigenvalue weighted by Crippen LogP contribution is -2.39. The van der Waals surface area contributed by atoms with Crippen LogP contribution in [0.2, 0.25) is 0 Å². The van der Waals surface area contributed by atoms with Gasteiger partial charge in [0.05, 0.1) is 26.2 Å². The standard InChI is InChI=1S/C25H47NO6S/c1-5-8-10-13-21(6-2)20-32-25(4,7-3)22(27)14-11-9-12-17-31-24(29)26-16-18-30-23(28)15-19-33/h21,33H,5-20H2,1-4H3,(H,26,29). The maximum atomic E-state index is 12.8. The van der Waals surface area contributed by atoms with Crippen LogP contribution in [0.4, 0.5) is 4.79 Å². The highest BCUT2D eigenvalue weighted by atomic mass is 32.1. The number of alkyl carbamates (subject to hydrolysis) is 1. The van der Waals surface area contributed by atoms with Crippen LogP contribution in [0.25, 0.3) is 0 Å². The fourth-order valence-electron chi connectivity index (χ4n) is 3.30. The number of carbonyl (C=O) groups excluding carboxylic acids is 3. The van der Waals surface area contributed by atoms with E-state index in [0.29, 0.717) is 37.5 Å². The largest absolute Gasteiger partial charge is 0.464 e. The molecule has 0 fully saturated rings. The van der Waals surface area contributed by atoms with Crippen LogP contribution in [0.15, 0.2) is 0 Å². The van der Waals surface area contributed by atoms with Gasteiger partial charge in [-0.2, -0.15) is 12.6 Å². The average molecular weight is 490 g/mol. The van der Waals surface area contributed by atoms with E-state index in [9.17, 15) is 14.4 Å². The van der Waals surface area contributed by atoms with E-state index in [2.05, 4.69) is 31.8 Å². The number of carbonyl (C=O) groups is 3. The fraction of sp³-hybridized carbons (Fsp3) is 0.880. The maximum Gasteiger partial charge on any atom is 0.407 e. The summed E-state index contributed by atoms with van der Waals surface area (Å²) in [5, 5.41) is 2.53. The van der Waals surface area contributed by atoms with Crippen molar-refractivity contribution in [2.45, 2.75) is 104 Å². The molecule has 0 rings (SSSR count). The van der Waals surface area contributed by atoms with Gasteiger partial charge in [0.25, 0.3) is 0 Å². The molecular formula is C25H47NO6S. The summed E-state index contributed by atoms with van der Waals surface area (Å²) in [4.78, 5) is 35.5. The highest BCUT2D eigenvalue weighted by molar-refractivity contribution is 7.80. The third kappa shape index (κ3) is 16.1. The van der Waals surface area contributed by atoms with E-state index < -0.39 is 11.7 Å². The fourth-order valence-corrected chi connectivity index (χ4v) is 3.48. The molecule has 2 unspecified atom stereocenters. The first-order valence-corrected chi connectivity index (χ1v) is 13.3. The zero-order chi connectivity index (χ0) is 25.0. The minimum Gasteiger partial charge on any atom is -0.464 e. The normalized spacial score (nSPS) is 13.7. The summed E-state index contributed by atoms with van der Waals surface area (Å²) >= 11 is 3.95. The Kier molecular flexibility index (Phi) is 19.3. The van der Waals surface area contributed by atoms with Crippen LogP contribution in [-0.4, -0.2) is 55.6 Å². The van der Waals surface area contributed by atoms with Gasteiger partial charge in [-0.05, 0) is 44.9 Å². The predicted molar refractivity (Wildman–Crippen MR) is 135 cm³/mol. The van der Waals surface area contributed by atoms with Crippen molar-refractivity contribution in [3.63, 3.8) is 0 Å². The minimum atomic E-state index is -0.717. The molecule has 0 saturated heterocycles. The van der Waals surface area contributed by atoms with Crippen LogP contribution in [-0.2, 0) is 23.8 Å². The number of nitrogens with one attached hydrogen (secondary N) is 1. The minimum absolute atomic E-state index is 0.111. The predicted octanol–water partition coefficient (Wildman–Crippen LogP) is 5.50. The molecule has 0 aliphatic heterocycles. The van der Waals surface area contributed by atoms with E-state index in [1.54, 1.807) is 0 Å². The Morgan fingerprint density at radius 2 is 1.70 bits per heavy atom. The topological polar surface area (TPSA) is 90.9 Å². The first-order valence-electron chi connectivity index (χ1n) is 12.7. The summed E-state index contributed by atoms with van der Waals surface area (Å²) in [5.41, 5.74) is -0.717. The van der Waals surface area contributed by atoms with E-state index in [1.807, 2.05) is 13.8 Å². The van der Waals surface area contributed by atoms with Crippen molar-refractivity contribution in [1.29, 1.82) is 0 Å². The Hall–Kier alpha value is -1.28. The molecule has 0 aliphatic carbocycles. The molecule has 1 N–H and O–H groups in total. The van der Waals surface area contributed by atoms with Crippen LogP contribution >= 0.6 is 12.6 Å². The molecule has 0 aromatic rings. The first-order chi connectivity index (χ1) is 15.8. The monoisotopic (exact) mass is 489 g/mol. The van der Waals surface area contributed by atoms with Gasteiger partial charge in [0, 0.05) is 12.2 Å². The molecule has 0 bridgehead atoms.